The zero-order chi connectivity index (χ0) is 16.1. The van der Waals surface area contributed by atoms with E-state index < -0.39 is 0 Å². The predicted octanol–water partition coefficient (Wildman–Crippen LogP) is 5.41. The van der Waals surface area contributed by atoms with Crippen LogP contribution < -0.4 is 9.47 Å². The molecule has 0 bridgehead atoms. The van der Waals surface area contributed by atoms with Crippen molar-refractivity contribution in [2.24, 2.45) is 4.99 Å². The van der Waals surface area contributed by atoms with Crippen molar-refractivity contribution < 1.29 is 9.47 Å². The van der Waals surface area contributed by atoms with Crippen molar-refractivity contribution in [3.05, 3.63) is 56.5 Å². The first kappa shape index (κ1) is 17.0. The molecular formula is C17H17Br2NO2. The van der Waals surface area contributed by atoms with Crippen LogP contribution in [0.25, 0.3) is 0 Å². The molecule has 2 aromatic rings. The molecule has 0 aliphatic rings. The molecule has 0 spiro atoms. The molecule has 22 heavy (non-hydrogen) atoms. The SMILES string of the molecule is COc1ccc(/C=N\C(C)c2ccc(Br)cc2Br)cc1OC. The van der Waals surface area contributed by atoms with Gasteiger partial charge in [-0.2, -0.15) is 0 Å². The molecule has 0 aliphatic heterocycles. The lowest BCUT2D eigenvalue weighted by Gasteiger charge is -2.10. The van der Waals surface area contributed by atoms with Crippen molar-refractivity contribution in [3.63, 3.8) is 0 Å². The minimum atomic E-state index is 0.0515. The highest BCUT2D eigenvalue weighted by atomic mass is 79.9. The van der Waals surface area contributed by atoms with E-state index >= 15 is 0 Å². The second-order valence-electron chi connectivity index (χ2n) is 4.73. The number of benzene rings is 2. The van der Waals surface area contributed by atoms with E-state index in [1.54, 1.807) is 14.2 Å². The Hall–Kier alpha value is -1.33. The number of ether oxygens (including phenoxy) is 2. The fourth-order valence-electron chi connectivity index (χ4n) is 2.05. The van der Waals surface area contributed by atoms with Crippen LogP contribution in [0.15, 0.2) is 50.3 Å². The third-order valence-electron chi connectivity index (χ3n) is 3.27. The monoisotopic (exact) mass is 425 g/mol. The Kier molecular flexibility index (Phi) is 6.03. The Bertz CT molecular complexity index is 686. The van der Waals surface area contributed by atoms with Crippen LogP contribution in [0.2, 0.25) is 0 Å². The Balaban J connectivity index is 2.20. The summed E-state index contributed by atoms with van der Waals surface area (Å²) in [4.78, 5) is 4.62. The molecule has 0 saturated carbocycles. The number of aliphatic imine (C=N–C) groups is 1. The Morgan fingerprint density at radius 3 is 2.36 bits per heavy atom. The molecule has 0 aromatic heterocycles. The molecule has 1 unspecified atom stereocenters. The third-order valence-corrected chi connectivity index (χ3v) is 4.45. The van der Waals surface area contributed by atoms with Gasteiger partial charge in [0.2, 0.25) is 0 Å². The van der Waals surface area contributed by atoms with Crippen molar-refractivity contribution in [2.75, 3.05) is 14.2 Å². The van der Waals surface area contributed by atoms with E-state index in [0.29, 0.717) is 11.5 Å². The molecular weight excluding hydrogens is 410 g/mol. The maximum Gasteiger partial charge on any atom is 0.161 e. The first-order valence-corrected chi connectivity index (χ1v) is 8.34. The van der Waals surface area contributed by atoms with E-state index in [4.69, 9.17) is 9.47 Å². The van der Waals surface area contributed by atoms with Gasteiger partial charge in [-0.15, -0.1) is 0 Å². The Morgan fingerprint density at radius 2 is 1.73 bits per heavy atom. The summed E-state index contributed by atoms with van der Waals surface area (Å²) in [6, 6.07) is 11.9. The first-order valence-electron chi connectivity index (χ1n) is 6.75. The van der Waals surface area contributed by atoms with Gasteiger partial charge in [-0.25, -0.2) is 0 Å². The molecule has 0 amide bonds. The average Bonchev–Trinajstić information content (AvgIpc) is 2.52. The van der Waals surface area contributed by atoms with Gasteiger partial charge in [-0.1, -0.05) is 37.9 Å². The summed E-state index contributed by atoms with van der Waals surface area (Å²) in [6.45, 7) is 2.06. The third kappa shape index (κ3) is 4.11. The largest absolute Gasteiger partial charge is 0.493 e. The van der Waals surface area contributed by atoms with E-state index in [1.165, 1.54) is 0 Å². The summed E-state index contributed by atoms with van der Waals surface area (Å²) >= 11 is 7.03. The van der Waals surface area contributed by atoms with Gasteiger partial charge in [-0.3, -0.25) is 4.99 Å². The maximum atomic E-state index is 5.30. The van der Waals surface area contributed by atoms with Crippen LogP contribution in [0.5, 0.6) is 11.5 Å². The lowest BCUT2D eigenvalue weighted by Crippen LogP contribution is -1.94. The van der Waals surface area contributed by atoms with Gasteiger partial charge in [0.1, 0.15) is 0 Å². The van der Waals surface area contributed by atoms with E-state index in [0.717, 1.165) is 20.1 Å². The second kappa shape index (κ2) is 7.79. The van der Waals surface area contributed by atoms with Gasteiger partial charge >= 0.3 is 0 Å². The quantitative estimate of drug-likeness (QED) is 0.598. The highest BCUT2D eigenvalue weighted by Gasteiger charge is 2.08. The summed E-state index contributed by atoms with van der Waals surface area (Å²) in [6.07, 6.45) is 1.85. The lowest BCUT2D eigenvalue weighted by molar-refractivity contribution is 0.355. The van der Waals surface area contributed by atoms with E-state index in [9.17, 15) is 0 Å². The van der Waals surface area contributed by atoms with E-state index in [-0.39, 0.29) is 6.04 Å². The van der Waals surface area contributed by atoms with Gasteiger partial charge in [0.25, 0.3) is 0 Å². The van der Waals surface area contributed by atoms with Gasteiger partial charge < -0.3 is 9.47 Å². The fourth-order valence-corrected chi connectivity index (χ4v) is 3.43. The summed E-state index contributed by atoms with van der Waals surface area (Å²) < 4.78 is 12.6. The van der Waals surface area contributed by atoms with E-state index in [2.05, 4.69) is 49.8 Å². The number of hydrogen-bond donors (Lipinski definition) is 0. The van der Waals surface area contributed by atoms with Crippen molar-refractivity contribution in [1.29, 1.82) is 0 Å². The smallest absolute Gasteiger partial charge is 0.161 e. The predicted molar refractivity (Wildman–Crippen MR) is 97.4 cm³/mol. The van der Waals surface area contributed by atoms with Crippen molar-refractivity contribution in [3.8, 4) is 11.5 Å². The van der Waals surface area contributed by atoms with Crippen LogP contribution in [-0.2, 0) is 0 Å². The number of halogens is 2. The molecule has 1 atom stereocenters. The van der Waals surface area contributed by atoms with Crippen molar-refractivity contribution >= 4 is 38.1 Å². The Morgan fingerprint density at radius 1 is 1.00 bits per heavy atom. The lowest BCUT2D eigenvalue weighted by atomic mass is 10.1. The topological polar surface area (TPSA) is 30.8 Å². The molecule has 0 radical (unpaired) electrons. The Labute approximate surface area is 147 Å². The first-order chi connectivity index (χ1) is 10.5. The van der Waals surface area contributed by atoms with Gasteiger partial charge in [0.15, 0.2) is 11.5 Å². The normalized spacial score (nSPS) is 12.4. The highest BCUT2D eigenvalue weighted by molar-refractivity contribution is 9.11. The minimum Gasteiger partial charge on any atom is -0.493 e. The standard InChI is InChI=1S/C17H17Br2NO2/c1-11(14-6-5-13(18)9-15(14)19)20-10-12-4-7-16(21-2)17(8-12)22-3/h4-11H,1-3H3/b20-10-. The summed E-state index contributed by atoms with van der Waals surface area (Å²) in [7, 11) is 3.25. The number of hydrogen-bond acceptors (Lipinski definition) is 3. The maximum absolute atomic E-state index is 5.30. The van der Waals surface area contributed by atoms with E-state index in [1.807, 2.05) is 36.5 Å². The fraction of sp³-hybridized carbons (Fsp3) is 0.235. The van der Waals surface area contributed by atoms with Gasteiger partial charge in [0, 0.05) is 15.2 Å². The summed E-state index contributed by atoms with van der Waals surface area (Å²) in [5, 5.41) is 0. The number of nitrogens with zero attached hydrogens (tertiary/aromatic N) is 1. The molecule has 0 aliphatic carbocycles. The molecule has 0 fully saturated rings. The van der Waals surface area contributed by atoms with Crippen LogP contribution in [0.1, 0.15) is 24.1 Å². The van der Waals surface area contributed by atoms with Crippen molar-refractivity contribution in [1.82, 2.24) is 0 Å². The molecule has 0 N–H and O–H groups in total. The summed E-state index contributed by atoms with van der Waals surface area (Å²) in [5.74, 6) is 1.41. The number of rotatable bonds is 5. The van der Waals surface area contributed by atoms with Crippen LogP contribution in [-0.4, -0.2) is 20.4 Å². The molecule has 2 aromatic carbocycles. The van der Waals surface area contributed by atoms with Gasteiger partial charge in [0.05, 0.1) is 20.3 Å². The molecule has 0 saturated heterocycles. The van der Waals surface area contributed by atoms with Crippen LogP contribution >= 0.6 is 31.9 Å². The zero-order valence-electron chi connectivity index (χ0n) is 12.6. The second-order valence-corrected chi connectivity index (χ2v) is 6.50. The molecule has 3 nitrogen and oxygen atoms in total. The zero-order valence-corrected chi connectivity index (χ0v) is 15.8. The molecule has 2 rings (SSSR count). The molecule has 116 valence electrons. The molecule has 0 heterocycles. The minimum absolute atomic E-state index is 0.0515. The van der Waals surface area contributed by atoms with Crippen LogP contribution in [0, 0.1) is 0 Å². The van der Waals surface area contributed by atoms with Crippen molar-refractivity contribution in [2.45, 2.75) is 13.0 Å². The molecule has 5 heteroatoms. The van der Waals surface area contributed by atoms with Gasteiger partial charge in [-0.05, 0) is 48.4 Å². The average molecular weight is 427 g/mol. The van der Waals surface area contributed by atoms with Crippen LogP contribution in [0.4, 0.5) is 0 Å². The highest BCUT2D eigenvalue weighted by Crippen LogP contribution is 2.30. The summed E-state index contributed by atoms with van der Waals surface area (Å²) in [5.41, 5.74) is 2.11. The number of methoxy groups -OCH3 is 2. The van der Waals surface area contributed by atoms with Crippen LogP contribution in [0.3, 0.4) is 0 Å².